The number of hydrazine groups is 1. The molecule has 0 aliphatic carbocycles. The van der Waals surface area contributed by atoms with Gasteiger partial charge in [-0.05, 0) is 12.0 Å². The highest BCUT2D eigenvalue weighted by Gasteiger charge is 2.31. The lowest BCUT2D eigenvalue weighted by molar-refractivity contribution is -0.145. The maximum Gasteiger partial charge on any atom is 0.429 e. The molecule has 0 N–H and O–H groups in total. The maximum atomic E-state index is 12.0. The van der Waals surface area contributed by atoms with Gasteiger partial charge in [-0.2, -0.15) is 0 Å². The van der Waals surface area contributed by atoms with E-state index in [9.17, 15) is 9.59 Å². The van der Waals surface area contributed by atoms with Crippen molar-refractivity contribution >= 4 is 12.0 Å². The molecule has 6 heteroatoms. The molecule has 1 heterocycles. The van der Waals surface area contributed by atoms with Gasteiger partial charge in [-0.1, -0.05) is 30.3 Å². The van der Waals surface area contributed by atoms with Gasteiger partial charge in [0, 0.05) is 20.2 Å². The first-order chi connectivity index (χ1) is 9.72. The summed E-state index contributed by atoms with van der Waals surface area (Å²) in [5, 5.41) is 2.72. The van der Waals surface area contributed by atoms with Gasteiger partial charge in [-0.25, -0.2) is 14.8 Å². The molecule has 2 rings (SSSR count). The highest BCUT2D eigenvalue weighted by atomic mass is 16.6. The molecule has 0 saturated carbocycles. The van der Waals surface area contributed by atoms with Crippen molar-refractivity contribution in [3.05, 3.63) is 35.9 Å². The average molecular weight is 278 g/mol. The molecule has 1 aliphatic rings. The third-order valence-electron chi connectivity index (χ3n) is 3.00. The highest BCUT2D eigenvalue weighted by molar-refractivity contribution is 5.80. The van der Waals surface area contributed by atoms with Crippen molar-refractivity contribution in [2.24, 2.45) is 0 Å². The van der Waals surface area contributed by atoms with E-state index in [-0.39, 0.29) is 19.1 Å². The van der Waals surface area contributed by atoms with E-state index in [1.165, 1.54) is 17.1 Å². The van der Waals surface area contributed by atoms with Crippen LogP contribution in [-0.4, -0.2) is 48.8 Å². The van der Waals surface area contributed by atoms with E-state index in [2.05, 4.69) is 0 Å². The Morgan fingerprint density at radius 1 is 1.15 bits per heavy atom. The quantitative estimate of drug-likeness (QED) is 0.835. The zero-order chi connectivity index (χ0) is 14.4. The normalized spacial score (nSPS) is 14.4. The molecule has 1 fully saturated rings. The zero-order valence-corrected chi connectivity index (χ0v) is 11.4. The van der Waals surface area contributed by atoms with Crippen molar-refractivity contribution in [2.75, 3.05) is 26.8 Å². The van der Waals surface area contributed by atoms with Crippen LogP contribution in [0.3, 0.4) is 0 Å². The molecular weight excluding hydrogens is 260 g/mol. The van der Waals surface area contributed by atoms with Crippen LogP contribution in [0.25, 0.3) is 0 Å². The van der Waals surface area contributed by atoms with Crippen LogP contribution in [0.2, 0.25) is 0 Å². The molecule has 0 spiro atoms. The van der Waals surface area contributed by atoms with Gasteiger partial charge >= 0.3 is 6.09 Å². The first-order valence-corrected chi connectivity index (χ1v) is 6.50. The van der Waals surface area contributed by atoms with Gasteiger partial charge in [0.05, 0.1) is 0 Å². The fourth-order valence-electron chi connectivity index (χ4n) is 2.05. The van der Waals surface area contributed by atoms with E-state index in [0.29, 0.717) is 13.1 Å². The predicted octanol–water partition coefficient (Wildman–Crippen LogP) is 1.42. The van der Waals surface area contributed by atoms with Crippen LogP contribution in [0, 0.1) is 0 Å². The van der Waals surface area contributed by atoms with E-state index in [0.717, 1.165) is 12.0 Å². The predicted molar refractivity (Wildman–Crippen MR) is 71.5 cm³/mol. The van der Waals surface area contributed by atoms with Crippen molar-refractivity contribution in [2.45, 2.75) is 13.0 Å². The largest absolute Gasteiger partial charge is 0.443 e. The Morgan fingerprint density at radius 3 is 2.55 bits per heavy atom. The summed E-state index contributed by atoms with van der Waals surface area (Å²) >= 11 is 0. The van der Waals surface area contributed by atoms with Gasteiger partial charge in [-0.3, -0.25) is 4.79 Å². The Kier molecular flexibility index (Phi) is 4.95. The molecule has 0 unspecified atom stereocenters. The molecule has 1 aromatic rings. The zero-order valence-electron chi connectivity index (χ0n) is 11.4. The minimum Gasteiger partial charge on any atom is -0.443 e. The average Bonchev–Trinajstić information content (AvgIpc) is 2.96. The number of benzene rings is 1. The summed E-state index contributed by atoms with van der Waals surface area (Å²) < 4.78 is 10.0. The van der Waals surface area contributed by atoms with E-state index in [1.807, 2.05) is 30.3 Å². The third kappa shape index (κ3) is 3.48. The summed E-state index contributed by atoms with van der Waals surface area (Å²) in [4.78, 5) is 23.8. The molecule has 0 atom stereocenters. The Morgan fingerprint density at radius 2 is 1.85 bits per heavy atom. The third-order valence-corrected chi connectivity index (χ3v) is 3.00. The smallest absolute Gasteiger partial charge is 0.429 e. The van der Waals surface area contributed by atoms with Crippen LogP contribution < -0.4 is 0 Å². The molecule has 0 bridgehead atoms. The minimum atomic E-state index is -0.504. The summed E-state index contributed by atoms with van der Waals surface area (Å²) in [5.41, 5.74) is 0.912. The Hall–Kier alpha value is -2.08. The van der Waals surface area contributed by atoms with Crippen LogP contribution in [0.15, 0.2) is 30.3 Å². The molecule has 108 valence electrons. The summed E-state index contributed by atoms with van der Waals surface area (Å²) in [6.45, 7) is 1.16. The molecule has 1 saturated heterocycles. The molecule has 1 aromatic carbocycles. The Balaban J connectivity index is 1.89. The van der Waals surface area contributed by atoms with Gasteiger partial charge in [0.25, 0.3) is 5.91 Å². The van der Waals surface area contributed by atoms with Crippen molar-refractivity contribution < 1.29 is 19.1 Å². The number of carbonyl (C=O) groups is 2. The Bertz CT molecular complexity index is 464. The molecular formula is C14H18N2O4. The number of methoxy groups -OCH3 is 1. The number of carbonyl (C=O) groups excluding carboxylic acids is 2. The van der Waals surface area contributed by atoms with Crippen molar-refractivity contribution in [3.8, 4) is 0 Å². The summed E-state index contributed by atoms with van der Waals surface area (Å²) in [7, 11) is 1.45. The van der Waals surface area contributed by atoms with Crippen LogP contribution in [0.1, 0.15) is 12.0 Å². The molecule has 6 nitrogen and oxygen atoms in total. The number of ether oxygens (including phenoxy) is 2. The SMILES string of the molecule is COCC(=O)N1CCCN1C(=O)OCc1ccccc1. The lowest BCUT2D eigenvalue weighted by atomic mass is 10.2. The molecule has 2 amide bonds. The summed E-state index contributed by atoms with van der Waals surface area (Å²) in [6, 6.07) is 9.42. The van der Waals surface area contributed by atoms with Gasteiger partial charge in [0.1, 0.15) is 13.2 Å². The lowest BCUT2D eigenvalue weighted by Gasteiger charge is -2.26. The van der Waals surface area contributed by atoms with Crippen molar-refractivity contribution in [3.63, 3.8) is 0 Å². The maximum absolute atomic E-state index is 12.0. The fourth-order valence-corrected chi connectivity index (χ4v) is 2.05. The van der Waals surface area contributed by atoms with E-state index in [4.69, 9.17) is 9.47 Å². The van der Waals surface area contributed by atoms with Crippen LogP contribution in [0.5, 0.6) is 0 Å². The second kappa shape index (κ2) is 6.91. The van der Waals surface area contributed by atoms with Crippen molar-refractivity contribution in [1.29, 1.82) is 0 Å². The molecule has 1 aliphatic heterocycles. The molecule has 20 heavy (non-hydrogen) atoms. The highest BCUT2D eigenvalue weighted by Crippen LogP contribution is 2.13. The van der Waals surface area contributed by atoms with Crippen LogP contribution >= 0.6 is 0 Å². The van der Waals surface area contributed by atoms with E-state index < -0.39 is 6.09 Å². The number of nitrogens with zero attached hydrogens (tertiary/aromatic N) is 2. The van der Waals surface area contributed by atoms with E-state index in [1.54, 1.807) is 0 Å². The second-order valence-electron chi connectivity index (χ2n) is 4.47. The molecule has 0 radical (unpaired) electrons. The number of amides is 2. The van der Waals surface area contributed by atoms with Crippen LogP contribution in [-0.2, 0) is 20.9 Å². The summed E-state index contributed by atoms with van der Waals surface area (Å²) in [6.07, 6.45) is 0.242. The number of hydrogen-bond acceptors (Lipinski definition) is 4. The van der Waals surface area contributed by atoms with E-state index >= 15 is 0 Å². The van der Waals surface area contributed by atoms with Crippen LogP contribution in [0.4, 0.5) is 4.79 Å². The first-order valence-electron chi connectivity index (χ1n) is 6.50. The minimum absolute atomic E-state index is 0.0392. The number of rotatable bonds is 4. The second-order valence-corrected chi connectivity index (χ2v) is 4.47. The van der Waals surface area contributed by atoms with Crippen molar-refractivity contribution in [1.82, 2.24) is 10.0 Å². The monoisotopic (exact) mass is 278 g/mol. The fraction of sp³-hybridized carbons (Fsp3) is 0.429. The summed E-state index contributed by atoms with van der Waals surface area (Å²) in [5.74, 6) is -0.235. The first kappa shape index (κ1) is 14.3. The van der Waals surface area contributed by atoms with Gasteiger partial charge < -0.3 is 9.47 Å². The standard InChI is InChI=1S/C14H18N2O4/c1-19-11-13(17)15-8-5-9-16(15)14(18)20-10-12-6-3-2-4-7-12/h2-4,6-7H,5,8-11H2,1H3. The van der Waals surface area contributed by atoms with Gasteiger partial charge in [0.2, 0.25) is 0 Å². The molecule has 0 aromatic heterocycles. The number of hydrogen-bond donors (Lipinski definition) is 0. The van der Waals surface area contributed by atoms with Gasteiger partial charge in [0.15, 0.2) is 0 Å². The van der Waals surface area contributed by atoms with Gasteiger partial charge in [-0.15, -0.1) is 0 Å². The lowest BCUT2D eigenvalue weighted by Crippen LogP contribution is -2.46. The Labute approximate surface area is 117 Å². The topological polar surface area (TPSA) is 59.1 Å².